The van der Waals surface area contributed by atoms with E-state index in [9.17, 15) is 0 Å². The number of rotatable bonds is 0. The molecule has 0 bridgehead atoms. The zero-order valence-electron chi connectivity index (χ0n) is 8.10. The number of thioether (sulfide) groups is 1. The standard InChI is InChI=1S/C10H19NS/c1-10(2)4-3-8-9(7-10)12-6-5-11-8/h8-9,11H,3-7H2,1-2H3. The zero-order valence-corrected chi connectivity index (χ0v) is 8.91. The van der Waals surface area contributed by atoms with Crippen molar-refractivity contribution in [2.45, 2.75) is 44.4 Å². The lowest BCUT2D eigenvalue weighted by molar-refractivity contribution is 0.212. The lowest BCUT2D eigenvalue weighted by atomic mass is 9.75. The van der Waals surface area contributed by atoms with Gasteiger partial charge in [0.2, 0.25) is 0 Å². The van der Waals surface area contributed by atoms with Crippen LogP contribution in [0.1, 0.15) is 33.1 Å². The largest absolute Gasteiger partial charge is 0.312 e. The molecule has 0 aromatic carbocycles. The summed E-state index contributed by atoms with van der Waals surface area (Å²) in [4.78, 5) is 0. The van der Waals surface area contributed by atoms with Crippen LogP contribution in [-0.2, 0) is 0 Å². The average molecular weight is 185 g/mol. The first-order valence-corrected chi connectivity index (χ1v) is 6.07. The van der Waals surface area contributed by atoms with Gasteiger partial charge in [0.15, 0.2) is 0 Å². The Bertz CT molecular complexity index is 167. The van der Waals surface area contributed by atoms with E-state index in [-0.39, 0.29) is 0 Å². The SMILES string of the molecule is CC1(C)CCC2NCCSC2C1. The van der Waals surface area contributed by atoms with Crippen LogP contribution in [-0.4, -0.2) is 23.6 Å². The van der Waals surface area contributed by atoms with Crippen LogP contribution in [0.2, 0.25) is 0 Å². The van der Waals surface area contributed by atoms with E-state index < -0.39 is 0 Å². The monoisotopic (exact) mass is 185 g/mol. The van der Waals surface area contributed by atoms with E-state index in [0.29, 0.717) is 5.41 Å². The van der Waals surface area contributed by atoms with Gasteiger partial charge >= 0.3 is 0 Å². The number of fused-ring (bicyclic) bond motifs is 1. The molecule has 2 fully saturated rings. The minimum atomic E-state index is 0.604. The van der Waals surface area contributed by atoms with Crippen LogP contribution in [0.5, 0.6) is 0 Å². The van der Waals surface area contributed by atoms with Gasteiger partial charge in [-0.05, 0) is 24.7 Å². The summed E-state index contributed by atoms with van der Waals surface area (Å²) in [5, 5.41) is 4.54. The van der Waals surface area contributed by atoms with Gasteiger partial charge in [-0.3, -0.25) is 0 Å². The maximum Gasteiger partial charge on any atom is 0.0206 e. The van der Waals surface area contributed by atoms with Gasteiger partial charge in [0.1, 0.15) is 0 Å². The third-order valence-corrected chi connectivity index (χ3v) is 4.54. The van der Waals surface area contributed by atoms with Gasteiger partial charge in [-0.1, -0.05) is 13.8 Å². The smallest absolute Gasteiger partial charge is 0.0206 e. The zero-order chi connectivity index (χ0) is 8.60. The second kappa shape index (κ2) is 3.22. The van der Waals surface area contributed by atoms with Crippen LogP contribution >= 0.6 is 11.8 Å². The quantitative estimate of drug-likeness (QED) is 0.621. The van der Waals surface area contributed by atoms with E-state index in [0.717, 1.165) is 11.3 Å². The third-order valence-electron chi connectivity index (χ3n) is 3.18. The number of hydrogen-bond donors (Lipinski definition) is 1. The Balaban J connectivity index is 1.99. The van der Waals surface area contributed by atoms with Gasteiger partial charge in [0, 0.05) is 23.6 Å². The van der Waals surface area contributed by atoms with Gasteiger partial charge in [-0.25, -0.2) is 0 Å². The van der Waals surface area contributed by atoms with Gasteiger partial charge in [-0.2, -0.15) is 11.8 Å². The minimum absolute atomic E-state index is 0.604. The molecule has 1 saturated heterocycles. The van der Waals surface area contributed by atoms with Crippen LogP contribution in [0.25, 0.3) is 0 Å². The predicted octanol–water partition coefficient (Wildman–Crippen LogP) is 2.27. The highest BCUT2D eigenvalue weighted by atomic mass is 32.2. The highest BCUT2D eigenvalue weighted by molar-refractivity contribution is 8.00. The fourth-order valence-electron chi connectivity index (χ4n) is 2.38. The van der Waals surface area contributed by atoms with Gasteiger partial charge in [-0.15, -0.1) is 0 Å². The lowest BCUT2D eigenvalue weighted by Crippen LogP contribution is -2.48. The van der Waals surface area contributed by atoms with Gasteiger partial charge < -0.3 is 5.32 Å². The topological polar surface area (TPSA) is 12.0 Å². The predicted molar refractivity (Wildman–Crippen MR) is 55.7 cm³/mol. The summed E-state index contributed by atoms with van der Waals surface area (Å²) >= 11 is 2.19. The van der Waals surface area contributed by atoms with Crippen molar-refractivity contribution in [2.24, 2.45) is 5.41 Å². The molecule has 0 amide bonds. The highest BCUT2D eigenvalue weighted by Gasteiger charge is 2.36. The summed E-state index contributed by atoms with van der Waals surface area (Å²) in [6, 6.07) is 0.830. The Hall–Kier alpha value is 0.310. The molecule has 1 saturated carbocycles. The van der Waals surface area contributed by atoms with E-state index in [1.807, 2.05) is 0 Å². The summed E-state index contributed by atoms with van der Waals surface area (Å²) in [5.41, 5.74) is 0.604. The summed E-state index contributed by atoms with van der Waals surface area (Å²) in [7, 11) is 0. The first-order chi connectivity index (χ1) is 5.67. The summed E-state index contributed by atoms with van der Waals surface area (Å²) in [5.74, 6) is 1.32. The molecule has 2 aliphatic rings. The molecule has 1 N–H and O–H groups in total. The second-order valence-corrected chi connectivity index (χ2v) is 6.22. The van der Waals surface area contributed by atoms with Crippen molar-refractivity contribution in [3.8, 4) is 0 Å². The van der Waals surface area contributed by atoms with Crippen molar-refractivity contribution < 1.29 is 0 Å². The normalized spacial score (nSPS) is 40.5. The van der Waals surface area contributed by atoms with Crippen LogP contribution in [0.4, 0.5) is 0 Å². The number of hydrogen-bond acceptors (Lipinski definition) is 2. The third kappa shape index (κ3) is 1.80. The van der Waals surface area contributed by atoms with Crippen LogP contribution in [0, 0.1) is 5.41 Å². The summed E-state index contributed by atoms with van der Waals surface area (Å²) in [6.45, 7) is 6.06. The van der Waals surface area contributed by atoms with Crippen molar-refractivity contribution in [3.05, 3.63) is 0 Å². The molecule has 12 heavy (non-hydrogen) atoms. The molecule has 0 aromatic heterocycles. The molecule has 0 radical (unpaired) electrons. The van der Waals surface area contributed by atoms with Gasteiger partial charge in [0.05, 0.1) is 0 Å². The molecular weight excluding hydrogens is 166 g/mol. The van der Waals surface area contributed by atoms with Gasteiger partial charge in [0.25, 0.3) is 0 Å². The molecule has 0 spiro atoms. The van der Waals surface area contributed by atoms with Crippen molar-refractivity contribution in [3.63, 3.8) is 0 Å². The number of nitrogens with one attached hydrogen (secondary N) is 1. The van der Waals surface area contributed by atoms with E-state index in [1.165, 1.54) is 31.6 Å². The maximum absolute atomic E-state index is 3.64. The summed E-state index contributed by atoms with van der Waals surface area (Å²) in [6.07, 6.45) is 4.21. The first-order valence-electron chi connectivity index (χ1n) is 5.02. The molecule has 1 aliphatic heterocycles. The van der Waals surface area contributed by atoms with Crippen molar-refractivity contribution in [1.29, 1.82) is 0 Å². The van der Waals surface area contributed by atoms with E-state index in [2.05, 4.69) is 30.9 Å². The minimum Gasteiger partial charge on any atom is -0.312 e. The van der Waals surface area contributed by atoms with Crippen LogP contribution in [0.15, 0.2) is 0 Å². The molecular formula is C10H19NS. The van der Waals surface area contributed by atoms with E-state index >= 15 is 0 Å². The maximum atomic E-state index is 3.64. The second-order valence-electron chi connectivity index (χ2n) is 4.88. The average Bonchev–Trinajstić information content (AvgIpc) is 2.02. The van der Waals surface area contributed by atoms with Crippen molar-refractivity contribution in [2.75, 3.05) is 12.3 Å². The molecule has 2 atom stereocenters. The van der Waals surface area contributed by atoms with Crippen molar-refractivity contribution >= 4 is 11.8 Å². The van der Waals surface area contributed by atoms with E-state index in [1.54, 1.807) is 0 Å². The van der Waals surface area contributed by atoms with Crippen LogP contribution < -0.4 is 5.32 Å². The fraction of sp³-hybridized carbons (Fsp3) is 1.00. The Morgan fingerprint density at radius 1 is 1.42 bits per heavy atom. The fourth-order valence-corrected chi connectivity index (χ4v) is 3.96. The summed E-state index contributed by atoms with van der Waals surface area (Å²) < 4.78 is 0. The Morgan fingerprint density at radius 3 is 3.08 bits per heavy atom. The first kappa shape index (κ1) is 8.89. The Labute approximate surface area is 79.7 Å². The molecule has 1 heterocycles. The molecule has 2 rings (SSSR count). The molecule has 70 valence electrons. The molecule has 1 nitrogen and oxygen atoms in total. The highest BCUT2D eigenvalue weighted by Crippen LogP contribution is 2.41. The Kier molecular flexibility index (Phi) is 2.39. The molecule has 0 aromatic rings. The lowest BCUT2D eigenvalue weighted by Gasteiger charge is -2.43. The van der Waals surface area contributed by atoms with E-state index in [4.69, 9.17) is 0 Å². The molecule has 2 unspecified atom stereocenters. The van der Waals surface area contributed by atoms with Crippen LogP contribution in [0.3, 0.4) is 0 Å². The Morgan fingerprint density at radius 2 is 2.25 bits per heavy atom. The molecule has 1 aliphatic carbocycles. The van der Waals surface area contributed by atoms with Crippen molar-refractivity contribution in [1.82, 2.24) is 5.32 Å². The molecule has 2 heteroatoms.